The van der Waals surface area contributed by atoms with Crippen LogP contribution in [0.4, 0.5) is 8.78 Å². The molecule has 0 aliphatic rings. The first-order valence-corrected chi connectivity index (χ1v) is 7.47. The summed E-state index contributed by atoms with van der Waals surface area (Å²) in [6, 6.07) is 12.4. The molecule has 2 nitrogen and oxygen atoms in total. The van der Waals surface area contributed by atoms with E-state index >= 15 is 0 Å². The van der Waals surface area contributed by atoms with Gasteiger partial charge in [0, 0.05) is 16.5 Å². The highest BCUT2D eigenvalue weighted by atomic mass is 32.2. The highest BCUT2D eigenvalue weighted by molar-refractivity contribution is 8.00. The number of thioether (sulfide) groups is 1. The first kappa shape index (κ1) is 15.5. The highest BCUT2D eigenvalue weighted by Gasteiger charge is 2.14. The van der Waals surface area contributed by atoms with Gasteiger partial charge in [-0.25, -0.2) is 8.78 Å². The molecule has 0 saturated carbocycles. The fourth-order valence-electron chi connectivity index (χ4n) is 1.88. The molecule has 0 bridgehead atoms. The van der Waals surface area contributed by atoms with E-state index in [1.165, 1.54) is 23.9 Å². The van der Waals surface area contributed by atoms with Crippen LogP contribution in [-0.4, -0.2) is 11.7 Å². The van der Waals surface area contributed by atoms with Crippen molar-refractivity contribution >= 4 is 17.7 Å². The SMILES string of the molecule is C[C@@H](NC(=O)CSc1ccccc1)c1ccc(F)cc1F. The molecule has 0 aromatic heterocycles. The third-order valence-electron chi connectivity index (χ3n) is 2.92. The largest absolute Gasteiger partial charge is 0.349 e. The van der Waals surface area contributed by atoms with Crippen LogP contribution >= 0.6 is 11.8 Å². The van der Waals surface area contributed by atoms with Crippen molar-refractivity contribution in [2.24, 2.45) is 0 Å². The summed E-state index contributed by atoms with van der Waals surface area (Å²) in [6.45, 7) is 1.67. The molecular weight excluding hydrogens is 292 g/mol. The topological polar surface area (TPSA) is 29.1 Å². The Bertz CT molecular complexity index is 619. The van der Waals surface area contributed by atoms with Gasteiger partial charge in [-0.2, -0.15) is 0 Å². The quantitative estimate of drug-likeness (QED) is 0.848. The van der Waals surface area contributed by atoms with Gasteiger partial charge in [-0.3, -0.25) is 4.79 Å². The van der Waals surface area contributed by atoms with Crippen molar-refractivity contribution in [1.29, 1.82) is 0 Å². The number of hydrogen-bond acceptors (Lipinski definition) is 2. The molecule has 0 heterocycles. The predicted molar refractivity (Wildman–Crippen MR) is 80.1 cm³/mol. The van der Waals surface area contributed by atoms with Crippen LogP contribution in [0, 0.1) is 11.6 Å². The minimum Gasteiger partial charge on any atom is -0.349 e. The molecule has 2 aromatic rings. The van der Waals surface area contributed by atoms with E-state index in [0.717, 1.165) is 11.0 Å². The summed E-state index contributed by atoms with van der Waals surface area (Å²) < 4.78 is 26.5. The second-order valence-electron chi connectivity index (χ2n) is 4.56. The fourth-order valence-corrected chi connectivity index (χ4v) is 2.61. The van der Waals surface area contributed by atoms with Crippen molar-refractivity contribution < 1.29 is 13.6 Å². The van der Waals surface area contributed by atoms with E-state index in [1.54, 1.807) is 6.92 Å². The highest BCUT2D eigenvalue weighted by Crippen LogP contribution is 2.19. The number of halogens is 2. The maximum absolute atomic E-state index is 13.6. The molecule has 0 saturated heterocycles. The summed E-state index contributed by atoms with van der Waals surface area (Å²) in [5.41, 5.74) is 0.273. The average Bonchev–Trinajstić information content (AvgIpc) is 2.46. The molecule has 0 unspecified atom stereocenters. The zero-order valence-electron chi connectivity index (χ0n) is 11.5. The van der Waals surface area contributed by atoms with E-state index in [9.17, 15) is 13.6 Å². The number of benzene rings is 2. The van der Waals surface area contributed by atoms with E-state index in [-0.39, 0.29) is 17.2 Å². The summed E-state index contributed by atoms with van der Waals surface area (Å²) in [6.07, 6.45) is 0. The van der Waals surface area contributed by atoms with Gasteiger partial charge < -0.3 is 5.32 Å². The van der Waals surface area contributed by atoms with Crippen LogP contribution in [0.1, 0.15) is 18.5 Å². The molecule has 1 atom stereocenters. The molecule has 0 radical (unpaired) electrons. The monoisotopic (exact) mass is 307 g/mol. The summed E-state index contributed by atoms with van der Waals surface area (Å²) in [5.74, 6) is -1.23. The summed E-state index contributed by atoms with van der Waals surface area (Å²) in [7, 11) is 0. The average molecular weight is 307 g/mol. The van der Waals surface area contributed by atoms with Gasteiger partial charge in [0.05, 0.1) is 11.8 Å². The Labute approximate surface area is 126 Å². The third-order valence-corrected chi connectivity index (χ3v) is 3.93. The zero-order chi connectivity index (χ0) is 15.2. The Hall–Kier alpha value is -1.88. The number of nitrogens with one attached hydrogen (secondary N) is 1. The first-order chi connectivity index (χ1) is 10.1. The number of hydrogen-bond donors (Lipinski definition) is 1. The summed E-state index contributed by atoms with van der Waals surface area (Å²) in [4.78, 5) is 12.8. The van der Waals surface area contributed by atoms with Gasteiger partial charge in [-0.1, -0.05) is 24.3 Å². The normalized spacial score (nSPS) is 12.0. The van der Waals surface area contributed by atoms with Gasteiger partial charge in [0.25, 0.3) is 0 Å². The van der Waals surface area contributed by atoms with Crippen LogP contribution in [0.2, 0.25) is 0 Å². The van der Waals surface area contributed by atoms with Crippen LogP contribution < -0.4 is 5.32 Å². The lowest BCUT2D eigenvalue weighted by Crippen LogP contribution is -2.28. The Balaban J connectivity index is 1.90. The van der Waals surface area contributed by atoms with Gasteiger partial charge in [-0.05, 0) is 25.1 Å². The summed E-state index contributed by atoms with van der Waals surface area (Å²) >= 11 is 1.41. The van der Waals surface area contributed by atoms with Gasteiger partial charge in [0.2, 0.25) is 5.91 Å². The molecule has 2 rings (SSSR count). The number of carbonyl (C=O) groups excluding carboxylic acids is 1. The molecule has 2 aromatic carbocycles. The third kappa shape index (κ3) is 4.56. The number of amides is 1. The lowest BCUT2D eigenvalue weighted by molar-refractivity contribution is -0.119. The van der Waals surface area contributed by atoms with Crippen LogP contribution in [0.5, 0.6) is 0 Å². The molecule has 5 heteroatoms. The molecule has 0 aliphatic heterocycles. The molecule has 0 aliphatic carbocycles. The Morgan fingerprint density at radius 3 is 2.57 bits per heavy atom. The molecule has 0 spiro atoms. The van der Waals surface area contributed by atoms with Crippen LogP contribution in [0.25, 0.3) is 0 Å². The van der Waals surface area contributed by atoms with Crippen molar-refractivity contribution in [2.75, 3.05) is 5.75 Å². The minimum absolute atomic E-state index is 0.194. The molecule has 21 heavy (non-hydrogen) atoms. The van der Waals surface area contributed by atoms with E-state index < -0.39 is 17.7 Å². The molecule has 110 valence electrons. The van der Waals surface area contributed by atoms with E-state index in [0.29, 0.717) is 0 Å². The van der Waals surface area contributed by atoms with E-state index in [4.69, 9.17) is 0 Å². The van der Waals surface area contributed by atoms with E-state index in [1.807, 2.05) is 30.3 Å². The van der Waals surface area contributed by atoms with Gasteiger partial charge in [0.15, 0.2) is 0 Å². The van der Waals surface area contributed by atoms with Crippen molar-refractivity contribution in [3.05, 3.63) is 65.7 Å². The van der Waals surface area contributed by atoms with Crippen LogP contribution in [0.15, 0.2) is 53.4 Å². The second-order valence-corrected chi connectivity index (χ2v) is 5.61. The van der Waals surface area contributed by atoms with Crippen molar-refractivity contribution in [3.8, 4) is 0 Å². The maximum atomic E-state index is 13.6. The van der Waals surface area contributed by atoms with Crippen molar-refractivity contribution in [1.82, 2.24) is 5.32 Å². The van der Waals surface area contributed by atoms with Crippen LogP contribution in [0.3, 0.4) is 0 Å². The predicted octanol–water partition coefficient (Wildman–Crippen LogP) is 3.93. The van der Waals surface area contributed by atoms with Crippen molar-refractivity contribution in [3.63, 3.8) is 0 Å². The second kappa shape index (κ2) is 7.22. The Kier molecular flexibility index (Phi) is 5.33. The Morgan fingerprint density at radius 2 is 1.90 bits per heavy atom. The maximum Gasteiger partial charge on any atom is 0.230 e. The van der Waals surface area contributed by atoms with Crippen molar-refractivity contribution in [2.45, 2.75) is 17.9 Å². The molecule has 1 N–H and O–H groups in total. The van der Waals surface area contributed by atoms with Gasteiger partial charge in [0.1, 0.15) is 11.6 Å². The number of carbonyl (C=O) groups is 1. The minimum atomic E-state index is -0.654. The lowest BCUT2D eigenvalue weighted by atomic mass is 10.1. The van der Waals surface area contributed by atoms with Gasteiger partial charge in [-0.15, -0.1) is 11.8 Å². The Morgan fingerprint density at radius 1 is 1.19 bits per heavy atom. The van der Waals surface area contributed by atoms with E-state index in [2.05, 4.69) is 5.32 Å². The molecule has 1 amide bonds. The van der Waals surface area contributed by atoms with Gasteiger partial charge >= 0.3 is 0 Å². The van der Waals surface area contributed by atoms with Crippen LogP contribution in [-0.2, 0) is 4.79 Å². The number of rotatable bonds is 5. The lowest BCUT2D eigenvalue weighted by Gasteiger charge is -2.15. The first-order valence-electron chi connectivity index (χ1n) is 6.48. The molecule has 0 fully saturated rings. The fraction of sp³-hybridized carbons (Fsp3) is 0.188. The zero-order valence-corrected chi connectivity index (χ0v) is 12.3. The summed E-state index contributed by atoms with van der Waals surface area (Å²) in [5, 5.41) is 2.70. The smallest absolute Gasteiger partial charge is 0.230 e. The molecular formula is C16H15F2NOS. The standard InChI is InChI=1S/C16H15F2NOS/c1-11(14-8-7-12(17)9-15(14)18)19-16(20)10-21-13-5-3-2-4-6-13/h2-9,11H,10H2,1H3,(H,19,20)/t11-/m1/s1.